The Morgan fingerprint density at radius 2 is 0.738 bits per heavy atom. The molecule has 42 heavy (non-hydrogen) atoms. The fourth-order valence-electron chi connectivity index (χ4n) is 5.34. The average molecular weight is 643 g/mol. The summed E-state index contributed by atoms with van der Waals surface area (Å²) in [6, 6.07) is 33.9. The third kappa shape index (κ3) is 6.49. The normalized spacial score (nSPS) is 11.6. The van der Waals surface area contributed by atoms with Gasteiger partial charge in [0.2, 0.25) is 0 Å². The minimum Gasteiger partial charge on any atom is -0.744 e. The number of hydrogen-bond donors (Lipinski definition) is 0. The van der Waals surface area contributed by atoms with Gasteiger partial charge in [0.15, 0.2) is 0 Å². The molecule has 6 rings (SSSR count). The molecule has 0 saturated carbocycles. The van der Waals surface area contributed by atoms with Crippen molar-refractivity contribution in [2.75, 3.05) is 0 Å². The van der Waals surface area contributed by atoms with Crippen LogP contribution in [0.15, 0.2) is 131 Å². The van der Waals surface area contributed by atoms with Crippen LogP contribution in [0.3, 0.4) is 0 Å². The average Bonchev–Trinajstić information content (AvgIpc) is 2.95. The fraction of sp³-hybridized carbons (Fsp3) is 0. The summed E-state index contributed by atoms with van der Waals surface area (Å²) in [6.07, 6.45) is 0. The van der Waals surface area contributed by atoms with E-state index in [0.29, 0.717) is 32.7 Å². The van der Waals surface area contributed by atoms with Crippen molar-refractivity contribution < 1.29 is 129 Å². The zero-order chi connectivity index (χ0) is 28.1. The van der Waals surface area contributed by atoms with Gasteiger partial charge in [-0.1, -0.05) is 109 Å². The van der Waals surface area contributed by atoms with E-state index in [2.05, 4.69) is 0 Å². The Morgan fingerprint density at radius 1 is 0.429 bits per heavy atom. The fourth-order valence-corrected chi connectivity index (χ4v) is 7.15. The predicted octanol–water partition coefficient (Wildman–Crippen LogP) is 0.810. The van der Waals surface area contributed by atoms with E-state index in [1.165, 1.54) is 0 Å². The minimum absolute atomic E-state index is 0. The Kier molecular flexibility index (Phi) is 10.9. The first-order valence-electron chi connectivity index (χ1n) is 12.3. The van der Waals surface area contributed by atoms with Crippen molar-refractivity contribution in [2.45, 2.75) is 9.79 Å². The van der Waals surface area contributed by atoms with E-state index in [1.54, 1.807) is 121 Å². The second-order valence-corrected chi connectivity index (χ2v) is 12.0. The smallest absolute Gasteiger partial charge is 0.744 e. The van der Waals surface area contributed by atoms with E-state index in [1.807, 2.05) is 0 Å². The molecule has 198 valence electrons. The SMILES string of the molecule is O=S(=O)([O-])c1c(-c2ccccc2)cc2ccccc2c1-c1c(S(=O)(=O)[O-])c(-c2ccccc2)cc2ccccc12.[K+].[K+]. The van der Waals surface area contributed by atoms with Crippen LogP contribution in [-0.2, 0) is 20.2 Å². The van der Waals surface area contributed by atoms with Crippen molar-refractivity contribution in [3.8, 4) is 33.4 Å². The topological polar surface area (TPSA) is 114 Å². The van der Waals surface area contributed by atoms with Crippen LogP contribution >= 0.6 is 0 Å². The minimum atomic E-state index is -5.21. The van der Waals surface area contributed by atoms with E-state index >= 15 is 0 Å². The van der Waals surface area contributed by atoms with Crippen molar-refractivity contribution in [2.24, 2.45) is 0 Å². The molecule has 0 atom stereocenters. The number of benzene rings is 6. The third-order valence-electron chi connectivity index (χ3n) is 6.92. The maximum absolute atomic E-state index is 13.1. The van der Waals surface area contributed by atoms with Crippen molar-refractivity contribution in [1.29, 1.82) is 0 Å². The van der Waals surface area contributed by atoms with Crippen LogP contribution in [-0.4, -0.2) is 25.9 Å². The van der Waals surface area contributed by atoms with Crippen molar-refractivity contribution in [1.82, 2.24) is 0 Å². The molecule has 0 aliphatic rings. The molecular formula is C32H20K2O6S2. The molecule has 0 amide bonds. The number of fused-ring (bicyclic) bond motifs is 2. The first kappa shape index (κ1) is 33.8. The Morgan fingerprint density at radius 3 is 1.07 bits per heavy atom. The summed E-state index contributed by atoms with van der Waals surface area (Å²) in [4.78, 5) is -1.17. The van der Waals surface area contributed by atoms with Gasteiger partial charge in [0.25, 0.3) is 0 Å². The van der Waals surface area contributed by atoms with Gasteiger partial charge in [-0.25, -0.2) is 16.8 Å². The number of hydrogen-bond acceptors (Lipinski definition) is 6. The van der Waals surface area contributed by atoms with Gasteiger partial charge in [-0.15, -0.1) is 0 Å². The zero-order valence-electron chi connectivity index (χ0n) is 22.8. The molecule has 0 bridgehead atoms. The molecule has 6 nitrogen and oxygen atoms in total. The molecule has 0 saturated heterocycles. The second-order valence-electron chi connectivity index (χ2n) is 9.34. The van der Waals surface area contributed by atoms with Crippen LogP contribution in [0.5, 0.6) is 0 Å². The quantitative estimate of drug-likeness (QED) is 0.203. The van der Waals surface area contributed by atoms with Gasteiger partial charge in [0.05, 0.1) is 9.79 Å². The Bertz CT molecular complexity index is 1990. The largest absolute Gasteiger partial charge is 1.00 e. The van der Waals surface area contributed by atoms with Crippen LogP contribution in [0.4, 0.5) is 0 Å². The first-order chi connectivity index (χ1) is 19.1. The maximum atomic E-state index is 13.1. The van der Waals surface area contributed by atoms with Crippen LogP contribution in [0, 0.1) is 0 Å². The van der Waals surface area contributed by atoms with Gasteiger partial charge in [0.1, 0.15) is 20.2 Å². The summed E-state index contributed by atoms with van der Waals surface area (Å²) < 4.78 is 78.8. The zero-order valence-corrected chi connectivity index (χ0v) is 30.7. The first-order valence-corrected chi connectivity index (χ1v) is 15.1. The van der Waals surface area contributed by atoms with Crippen LogP contribution in [0.1, 0.15) is 0 Å². The van der Waals surface area contributed by atoms with E-state index < -0.39 is 30.0 Å². The number of rotatable bonds is 5. The summed E-state index contributed by atoms with van der Waals surface area (Å²) in [7, 11) is -10.4. The summed E-state index contributed by atoms with van der Waals surface area (Å²) in [5, 5.41) is 1.81. The summed E-state index contributed by atoms with van der Waals surface area (Å²) in [5.41, 5.74) is 0.921. The Balaban J connectivity index is 0.00000202. The summed E-state index contributed by atoms with van der Waals surface area (Å²) in [6.45, 7) is 0. The van der Waals surface area contributed by atoms with E-state index in [9.17, 15) is 25.9 Å². The van der Waals surface area contributed by atoms with Crippen LogP contribution in [0.2, 0.25) is 0 Å². The summed E-state index contributed by atoms with van der Waals surface area (Å²) in [5.74, 6) is 0. The molecule has 0 aliphatic heterocycles. The second kappa shape index (κ2) is 13.5. The standard InChI is InChI=1S/C32H22O6S2.2K/c33-39(34,35)31-27(21-11-3-1-4-12-21)19-23-15-7-9-17-25(23)29(31)30-26-18-10-8-16-24(26)20-28(32(30)40(36,37)38)22-13-5-2-6-14-22;;/h1-20H,(H,33,34,35)(H,36,37,38);;/q;2*+1/p-2. The third-order valence-corrected chi connectivity index (χ3v) is 8.77. The molecule has 0 heterocycles. The monoisotopic (exact) mass is 642 g/mol. The van der Waals surface area contributed by atoms with Crippen LogP contribution in [0.25, 0.3) is 54.9 Å². The molecule has 6 aromatic rings. The van der Waals surface area contributed by atoms with Gasteiger partial charge in [-0.2, -0.15) is 0 Å². The van der Waals surface area contributed by atoms with E-state index in [-0.39, 0.29) is 125 Å². The molecule has 0 radical (unpaired) electrons. The van der Waals surface area contributed by atoms with Gasteiger partial charge in [-0.05, 0) is 44.8 Å². The molecule has 10 heteroatoms. The van der Waals surface area contributed by atoms with Gasteiger partial charge < -0.3 is 9.11 Å². The Labute approximate surface area is 329 Å². The van der Waals surface area contributed by atoms with Gasteiger partial charge in [0, 0.05) is 22.3 Å². The Hall–Kier alpha value is -1.07. The predicted molar refractivity (Wildman–Crippen MR) is 154 cm³/mol. The molecule has 0 spiro atoms. The molecule has 0 N–H and O–H groups in total. The molecule has 0 fully saturated rings. The van der Waals surface area contributed by atoms with Gasteiger partial charge >= 0.3 is 103 Å². The van der Waals surface area contributed by atoms with Crippen molar-refractivity contribution >= 4 is 41.8 Å². The van der Waals surface area contributed by atoms with Gasteiger partial charge in [-0.3, -0.25) is 0 Å². The molecule has 0 aliphatic carbocycles. The van der Waals surface area contributed by atoms with Crippen molar-refractivity contribution in [3.05, 3.63) is 121 Å². The molecule has 0 unspecified atom stereocenters. The van der Waals surface area contributed by atoms with E-state index in [0.717, 1.165) is 0 Å². The molecule has 0 aromatic heterocycles. The van der Waals surface area contributed by atoms with E-state index in [4.69, 9.17) is 0 Å². The summed E-state index contributed by atoms with van der Waals surface area (Å²) >= 11 is 0. The maximum Gasteiger partial charge on any atom is 1.00 e. The van der Waals surface area contributed by atoms with Crippen LogP contribution < -0.4 is 103 Å². The molecule has 6 aromatic carbocycles. The molecular weight excluding hydrogens is 623 g/mol. The van der Waals surface area contributed by atoms with Crippen molar-refractivity contribution in [3.63, 3.8) is 0 Å².